The molecule has 2 aromatic rings. The number of nitro benzene ring substituents is 1. The zero-order chi connectivity index (χ0) is 21.0. The molecule has 2 aromatic carbocycles. The summed E-state index contributed by atoms with van der Waals surface area (Å²) in [4.78, 5) is 28.8. The van der Waals surface area contributed by atoms with Gasteiger partial charge in [0.1, 0.15) is 5.69 Å². The van der Waals surface area contributed by atoms with Gasteiger partial charge in [0.05, 0.1) is 31.1 Å². The summed E-state index contributed by atoms with van der Waals surface area (Å²) in [5, 5.41) is 11.7. The van der Waals surface area contributed by atoms with Gasteiger partial charge in [0, 0.05) is 24.7 Å². The van der Waals surface area contributed by atoms with Crippen molar-refractivity contribution in [3.8, 4) is 0 Å². The Morgan fingerprint density at radius 1 is 1.24 bits per heavy atom. The lowest BCUT2D eigenvalue weighted by molar-refractivity contribution is -0.915. The number of benzene rings is 2. The molecule has 1 aliphatic rings. The third-order valence-corrected chi connectivity index (χ3v) is 5.74. The number of hydrogen-bond donors (Lipinski definition) is 1. The molecule has 3 rings (SSSR count). The second kappa shape index (κ2) is 9.24. The molecule has 1 atom stereocenters. The minimum absolute atomic E-state index is 0.0210. The maximum Gasteiger partial charge on any atom is 0.294 e. The summed E-state index contributed by atoms with van der Waals surface area (Å²) in [5.74, 6) is 0.106. The first-order chi connectivity index (χ1) is 13.9. The van der Waals surface area contributed by atoms with E-state index in [0.29, 0.717) is 30.3 Å². The van der Waals surface area contributed by atoms with Gasteiger partial charge in [-0.05, 0) is 24.6 Å². The smallest absolute Gasteiger partial charge is 0.294 e. The van der Waals surface area contributed by atoms with Crippen LogP contribution in [-0.4, -0.2) is 55.0 Å². The first-order valence-electron chi connectivity index (χ1n) is 9.69. The molecular formula is C21H26ClN4O3+. The quantitative estimate of drug-likeness (QED) is 0.576. The molecule has 1 heterocycles. The Morgan fingerprint density at radius 2 is 1.90 bits per heavy atom. The molecule has 1 amide bonds. The summed E-state index contributed by atoms with van der Waals surface area (Å²) in [7, 11) is 1.83. The van der Waals surface area contributed by atoms with E-state index in [1.54, 1.807) is 17.0 Å². The van der Waals surface area contributed by atoms with E-state index in [2.05, 4.69) is 0 Å². The normalized spacial score (nSPS) is 15.8. The molecule has 1 aliphatic heterocycles. The van der Waals surface area contributed by atoms with Crippen molar-refractivity contribution in [3.05, 3.63) is 69.2 Å². The van der Waals surface area contributed by atoms with Gasteiger partial charge in [-0.15, -0.1) is 0 Å². The minimum Gasteiger partial charge on any atom is -0.355 e. The Kier molecular flexibility index (Phi) is 6.71. The summed E-state index contributed by atoms with van der Waals surface area (Å²) in [6, 6.07) is 14.5. The Labute approximate surface area is 175 Å². The van der Waals surface area contributed by atoms with Crippen LogP contribution < -0.4 is 9.80 Å². The van der Waals surface area contributed by atoms with Crippen LogP contribution in [0.25, 0.3) is 0 Å². The van der Waals surface area contributed by atoms with E-state index < -0.39 is 4.92 Å². The van der Waals surface area contributed by atoms with Gasteiger partial charge in [-0.25, -0.2) is 0 Å². The van der Waals surface area contributed by atoms with E-state index in [1.807, 2.05) is 49.2 Å². The average molecular weight is 418 g/mol. The molecule has 8 heteroatoms. The number of carbonyl (C=O) groups excluding carboxylic acids is 1. The van der Waals surface area contributed by atoms with E-state index in [1.165, 1.54) is 11.0 Å². The van der Waals surface area contributed by atoms with Gasteiger partial charge in [0.2, 0.25) is 0 Å². The summed E-state index contributed by atoms with van der Waals surface area (Å²) in [6.45, 7) is 5.33. The molecule has 0 aromatic heterocycles. The lowest BCUT2D eigenvalue weighted by Gasteiger charge is -2.36. The van der Waals surface area contributed by atoms with Gasteiger partial charge in [-0.1, -0.05) is 41.9 Å². The van der Waals surface area contributed by atoms with Crippen LogP contribution in [0.2, 0.25) is 5.02 Å². The summed E-state index contributed by atoms with van der Waals surface area (Å²) in [5.41, 5.74) is 1.71. The molecule has 0 unspecified atom stereocenters. The number of nitro groups is 1. The molecule has 1 fully saturated rings. The first-order valence-corrected chi connectivity index (χ1v) is 10.1. The van der Waals surface area contributed by atoms with Gasteiger partial charge < -0.3 is 14.7 Å². The standard InChI is InChI=1S/C21H25ClN4O3/c1-16(21(27)23(2)15-17-6-4-3-5-7-17)24-10-12-25(13-11-24)19-9-8-18(22)14-20(19)26(28)29/h3-9,14,16H,10-13,15H2,1-2H3/p+1/t16-/m0/s1. The lowest BCUT2D eigenvalue weighted by Crippen LogP contribution is -3.19. The van der Waals surface area contributed by atoms with Crippen LogP contribution in [-0.2, 0) is 11.3 Å². The van der Waals surface area contributed by atoms with Crippen molar-refractivity contribution in [1.29, 1.82) is 0 Å². The van der Waals surface area contributed by atoms with E-state index in [0.717, 1.165) is 18.7 Å². The zero-order valence-electron chi connectivity index (χ0n) is 16.7. The van der Waals surface area contributed by atoms with E-state index in [4.69, 9.17) is 11.6 Å². The number of hydrogen-bond acceptors (Lipinski definition) is 4. The third kappa shape index (κ3) is 5.05. The SMILES string of the molecule is C[C@@H](C(=O)N(C)Cc1ccccc1)[NH+]1CCN(c2ccc(Cl)cc2[N+](=O)[O-])CC1. The fraction of sp³-hybridized carbons (Fsp3) is 0.381. The Balaban J connectivity index is 1.60. The van der Waals surface area contributed by atoms with Gasteiger partial charge in [-0.3, -0.25) is 14.9 Å². The molecule has 1 saturated heterocycles. The average Bonchev–Trinajstić information content (AvgIpc) is 2.73. The fourth-order valence-corrected chi connectivity index (χ4v) is 3.98. The van der Waals surface area contributed by atoms with Crippen molar-refractivity contribution >= 4 is 28.9 Å². The third-order valence-electron chi connectivity index (χ3n) is 5.50. The molecule has 0 spiro atoms. The lowest BCUT2D eigenvalue weighted by atomic mass is 10.1. The predicted molar refractivity (Wildman–Crippen MR) is 113 cm³/mol. The number of halogens is 1. The second-order valence-corrected chi connectivity index (χ2v) is 7.87. The zero-order valence-corrected chi connectivity index (χ0v) is 17.4. The topological polar surface area (TPSA) is 71.1 Å². The van der Waals surface area contributed by atoms with Crippen molar-refractivity contribution in [2.45, 2.75) is 19.5 Å². The van der Waals surface area contributed by atoms with E-state index >= 15 is 0 Å². The van der Waals surface area contributed by atoms with Crippen LogP contribution in [0.4, 0.5) is 11.4 Å². The predicted octanol–water partition coefficient (Wildman–Crippen LogP) is 2.00. The monoisotopic (exact) mass is 417 g/mol. The number of anilines is 1. The number of likely N-dealkylation sites (N-methyl/N-ethyl adjacent to an activating group) is 1. The Hall–Kier alpha value is -2.64. The van der Waals surface area contributed by atoms with E-state index in [-0.39, 0.29) is 17.6 Å². The van der Waals surface area contributed by atoms with Crippen LogP contribution in [0, 0.1) is 10.1 Å². The Morgan fingerprint density at radius 3 is 2.52 bits per heavy atom. The second-order valence-electron chi connectivity index (χ2n) is 7.44. The number of nitrogens with one attached hydrogen (secondary N) is 1. The molecule has 29 heavy (non-hydrogen) atoms. The number of carbonyl (C=O) groups is 1. The highest BCUT2D eigenvalue weighted by atomic mass is 35.5. The van der Waals surface area contributed by atoms with E-state index in [9.17, 15) is 14.9 Å². The molecule has 1 N–H and O–H groups in total. The largest absolute Gasteiger partial charge is 0.355 e. The van der Waals surface area contributed by atoms with Gasteiger partial charge in [0.25, 0.3) is 11.6 Å². The number of nitrogens with zero attached hydrogens (tertiary/aromatic N) is 3. The minimum atomic E-state index is -0.398. The molecule has 0 bridgehead atoms. The fourth-order valence-electron chi connectivity index (χ4n) is 3.82. The van der Waals surface area contributed by atoms with Gasteiger partial charge in [0.15, 0.2) is 6.04 Å². The molecule has 0 saturated carbocycles. The molecular weight excluding hydrogens is 392 g/mol. The highest BCUT2D eigenvalue weighted by Gasteiger charge is 2.32. The molecule has 7 nitrogen and oxygen atoms in total. The number of amides is 1. The van der Waals surface area contributed by atoms with Crippen LogP contribution in [0.15, 0.2) is 48.5 Å². The van der Waals surface area contributed by atoms with Crippen LogP contribution in [0.1, 0.15) is 12.5 Å². The van der Waals surface area contributed by atoms with Crippen molar-refractivity contribution in [1.82, 2.24) is 4.90 Å². The maximum absolute atomic E-state index is 12.9. The van der Waals surface area contributed by atoms with Gasteiger partial charge in [-0.2, -0.15) is 0 Å². The summed E-state index contributed by atoms with van der Waals surface area (Å²) >= 11 is 5.92. The summed E-state index contributed by atoms with van der Waals surface area (Å²) in [6.07, 6.45) is 0. The van der Waals surface area contributed by atoms with Crippen molar-refractivity contribution in [3.63, 3.8) is 0 Å². The first kappa shape index (κ1) is 21.1. The van der Waals surface area contributed by atoms with Crippen LogP contribution in [0.5, 0.6) is 0 Å². The number of quaternary nitrogens is 1. The van der Waals surface area contributed by atoms with Crippen LogP contribution >= 0.6 is 11.6 Å². The Bertz CT molecular complexity index is 869. The molecule has 0 radical (unpaired) electrons. The highest BCUT2D eigenvalue weighted by molar-refractivity contribution is 6.30. The van der Waals surface area contributed by atoms with Crippen molar-refractivity contribution in [2.24, 2.45) is 0 Å². The number of rotatable bonds is 6. The van der Waals surface area contributed by atoms with Crippen LogP contribution in [0.3, 0.4) is 0 Å². The highest BCUT2D eigenvalue weighted by Crippen LogP contribution is 2.30. The van der Waals surface area contributed by atoms with Crippen molar-refractivity contribution < 1.29 is 14.6 Å². The van der Waals surface area contributed by atoms with Crippen molar-refractivity contribution in [2.75, 3.05) is 38.1 Å². The van der Waals surface area contributed by atoms with Gasteiger partial charge >= 0.3 is 0 Å². The summed E-state index contributed by atoms with van der Waals surface area (Å²) < 4.78 is 0. The molecule has 154 valence electrons. The maximum atomic E-state index is 12.9. The molecule has 0 aliphatic carbocycles. The number of piperazine rings is 1.